The van der Waals surface area contributed by atoms with Gasteiger partial charge in [-0.1, -0.05) is 29.5 Å². The number of hydrogen-bond acceptors (Lipinski definition) is 4. The van der Waals surface area contributed by atoms with Crippen molar-refractivity contribution in [2.75, 3.05) is 13.2 Å². The van der Waals surface area contributed by atoms with E-state index < -0.39 is 18.4 Å². The predicted octanol–water partition coefficient (Wildman–Crippen LogP) is 2.81. The molecule has 1 amide bonds. The van der Waals surface area contributed by atoms with Crippen LogP contribution < -0.4 is 4.74 Å². The van der Waals surface area contributed by atoms with E-state index in [2.05, 4.69) is 10.3 Å². The number of aryl methyl sites for hydroxylation is 1. The number of aromatic nitrogens is 3. The maximum Gasteiger partial charge on any atom is 0.262 e. The van der Waals surface area contributed by atoms with Crippen molar-refractivity contribution in [3.8, 4) is 5.75 Å². The molecule has 0 N–H and O–H groups in total. The van der Waals surface area contributed by atoms with Gasteiger partial charge in [-0.2, -0.15) is 0 Å². The van der Waals surface area contributed by atoms with Crippen LogP contribution in [0.5, 0.6) is 5.75 Å². The number of para-hydroxylation sites is 1. The zero-order valence-electron chi connectivity index (χ0n) is 14.0. The number of hydrogen-bond donors (Lipinski definition) is 0. The molecule has 0 aliphatic carbocycles. The summed E-state index contributed by atoms with van der Waals surface area (Å²) in [5.74, 6) is -0.132. The average molecular weight is 358 g/mol. The Morgan fingerprint density at radius 2 is 2.04 bits per heavy atom. The lowest BCUT2D eigenvalue weighted by molar-refractivity contribution is 0.0212. The summed E-state index contributed by atoms with van der Waals surface area (Å²) in [6, 6.07) is 10.3. The van der Waals surface area contributed by atoms with Gasteiger partial charge in [0.25, 0.3) is 12.3 Å². The van der Waals surface area contributed by atoms with Crippen LogP contribution in [-0.2, 0) is 7.05 Å². The molecule has 4 rings (SSSR count). The molecule has 26 heavy (non-hydrogen) atoms. The van der Waals surface area contributed by atoms with Crippen molar-refractivity contribution in [3.63, 3.8) is 0 Å². The molecule has 1 atom stereocenters. The Morgan fingerprint density at radius 1 is 1.23 bits per heavy atom. The molecular weight excluding hydrogens is 342 g/mol. The van der Waals surface area contributed by atoms with Crippen LogP contribution in [0.15, 0.2) is 42.5 Å². The molecule has 0 saturated heterocycles. The predicted molar refractivity (Wildman–Crippen MR) is 90.2 cm³/mol. The maximum absolute atomic E-state index is 13.9. The Kier molecular flexibility index (Phi) is 4.02. The van der Waals surface area contributed by atoms with Crippen molar-refractivity contribution in [3.05, 3.63) is 53.6 Å². The highest BCUT2D eigenvalue weighted by atomic mass is 19.3. The molecule has 2 aromatic carbocycles. The van der Waals surface area contributed by atoms with Crippen LogP contribution in [0.2, 0.25) is 0 Å². The van der Waals surface area contributed by atoms with Gasteiger partial charge in [-0.3, -0.25) is 4.79 Å². The third-order valence-electron chi connectivity index (χ3n) is 4.54. The molecule has 0 bridgehead atoms. The molecule has 6 nitrogen and oxygen atoms in total. The summed E-state index contributed by atoms with van der Waals surface area (Å²) in [5.41, 5.74) is 1.61. The summed E-state index contributed by atoms with van der Waals surface area (Å²) in [5, 5.41) is 7.93. The third kappa shape index (κ3) is 2.58. The standard InChI is InChI=1S/C18H16F2N4O2/c1-23-13-7-4-6-12(15(13)21-22-23)18(25)24-9-10-26-14-8-3-2-5-11(14)16(24)17(19)20/h2-8,16-17H,9-10H2,1H3. The van der Waals surface area contributed by atoms with Gasteiger partial charge in [0.2, 0.25) is 0 Å². The second-order valence-electron chi connectivity index (χ2n) is 6.05. The Balaban J connectivity index is 1.81. The number of carbonyl (C=O) groups is 1. The molecule has 8 heteroatoms. The average Bonchev–Trinajstić information content (AvgIpc) is 2.91. The number of nitrogens with zero attached hydrogens (tertiary/aromatic N) is 4. The van der Waals surface area contributed by atoms with Crippen molar-refractivity contribution in [2.45, 2.75) is 12.5 Å². The van der Waals surface area contributed by atoms with Crippen LogP contribution >= 0.6 is 0 Å². The monoisotopic (exact) mass is 358 g/mol. The van der Waals surface area contributed by atoms with Crippen LogP contribution in [0.1, 0.15) is 22.0 Å². The van der Waals surface area contributed by atoms with E-state index in [4.69, 9.17) is 4.74 Å². The van der Waals surface area contributed by atoms with Crippen molar-refractivity contribution in [1.29, 1.82) is 0 Å². The van der Waals surface area contributed by atoms with Gasteiger partial charge in [0.05, 0.1) is 17.6 Å². The van der Waals surface area contributed by atoms with Gasteiger partial charge >= 0.3 is 0 Å². The van der Waals surface area contributed by atoms with Crippen molar-refractivity contribution in [2.24, 2.45) is 7.05 Å². The number of carbonyl (C=O) groups excluding carboxylic acids is 1. The van der Waals surface area contributed by atoms with E-state index in [9.17, 15) is 13.6 Å². The van der Waals surface area contributed by atoms with E-state index >= 15 is 0 Å². The van der Waals surface area contributed by atoms with Gasteiger partial charge in [0.15, 0.2) is 0 Å². The summed E-state index contributed by atoms with van der Waals surface area (Å²) < 4.78 is 35.0. The smallest absolute Gasteiger partial charge is 0.262 e. The van der Waals surface area contributed by atoms with Crippen LogP contribution in [-0.4, -0.2) is 45.4 Å². The SMILES string of the molecule is Cn1nnc2c(C(=O)N3CCOc4ccccc4C3C(F)F)cccc21. The fourth-order valence-corrected chi connectivity index (χ4v) is 3.30. The van der Waals surface area contributed by atoms with E-state index in [1.807, 2.05) is 0 Å². The Bertz CT molecular complexity index is 973. The van der Waals surface area contributed by atoms with Gasteiger partial charge in [-0.25, -0.2) is 13.5 Å². The first kappa shape index (κ1) is 16.4. The van der Waals surface area contributed by atoms with Crippen LogP contribution in [0, 0.1) is 0 Å². The lowest BCUT2D eigenvalue weighted by atomic mass is 10.0. The minimum atomic E-state index is -2.75. The fraction of sp³-hybridized carbons (Fsp3) is 0.278. The fourth-order valence-electron chi connectivity index (χ4n) is 3.30. The van der Waals surface area contributed by atoms with Crippen LogP contribution in [0.4, 0.5) is 8.78 Å². The number of rotatable bonds is 2. The van der Waals surface area contributed by atoms with Gasteiger partial charge in [0.1, 0.15) is 23.9 Å². The van der Waals surface area contributed by atoms with E-state index in [0.29, 0.717) is 22.3 Å². The lowest BCUT2D eigenvalue weighted by Crippen LogP contribution is -2.39. The third-order valence-corrected chi connectivity index (χ3v) is 4.54. The number of amides is 1. The van der Waals surface area contributed by atoms with Gasteiger partial charge in [0, 0.05) is 12.6 Å². The first-order valence-electron chi connectivity index (χ1n) is 8.17. The molecule has 2 heterocycles. The molecule has 0 spiro atoms. The van der Waals surface area contributed by atoms with E-state index in [1.54, 1.807) is 49.5 Å². The van der Waals surface area contributed by atoms with E-state index in [0.717, 1.165) is 0 Å². The summed E-state index contributed by atoms with van der Waals surface area (Å²) in [6.45, 7) is 0.196. The number of benzene rings is 2. The zero-order valence-corrected chi connectivity index (χ0v) is 14.0. The minimum Gasteiger partial charge on any atom is -0.491 e. The first-order chi connectivity index (χ1) is 12.6. The maximum atomic E-state index is 13.9. The Labute approximate surface area is 148 Å². The van der Waals surface area contributed by atoms with Crippen molar-refractivity contribution >= 4 is 16.9 Å². The quantitative estimate of drug-likeness (QED) is 0.707. The summed E-state index contributed by atoms with van der Waals surface area (Å²) in [4.78, 5) is 14.3. The molecule has 1 aliphatic heterocycles. The highest BCUT2D eigenvalue weighted by molar-refractivity contribution is 6.04. The number of fused-ring (bicyclic) bond motifs is 2. The summed E-state index contributed by atoms with van der Waals surface area (Å²) in [7, 11) is 1.71. The molecule has 0 saturated carbocycles. The first-order valence-corrected chi connectivity index (χ1v) is 8.17. The van der Waals surface area contributed by atoms with E-state index in [1.165, 1.54) is 9.58 Å². The minimum absolute atomic E-state index is 0.0547. The summed E-state index contributed by atoms with van der Waals surface area (Å²) >= 11 is 0. The van der Waals surface area contributed by atoms with Gasteiger partial charge in [-0.15, -0.1) is 5.10 Å². The number of alkyl halides is 2. The molecule has 3 aromatic rings. The second-order valence-corrected chi connectivity index (χ2v) is 6.05. The topological polar surface area (TPSA) is 60.2 Å². The van der Waals surface area contributed by atoms with Crippen LogP contribution in [0.25, 0.3) is 11.0 Å². The molecule has 0 radical (unpaired) electrons. The second kappa shape index (κ2) is 6.36. The highest BCUT2D eigenvalue weighted by Gasteiger charge is 2.37. The van der Waals surface area contributed by atoms with Crippen molar-refractivity contribution < 1.29 is 18.3 Å². The molecule has 1 aliphatic rings. The molecule has 134 valence electrons. The Morgan fingerprint density at radius 3 is 2.85 bits per heavy atom. The van der Waals surface area contributed by atoms with Gasteiger partial charge < -0.3 is 9.64 Å². The van der Waals surface area contributed by atoms with Gasteiger partial charge in [-0.05, 0) is 18.2 Å². The Hall–Kier alpha value is -3.03. The molecule has 1 unspecified atom stereocenters. The lowest BCUT2D eigenvalue weighted by Gasteiger charge is -2.29. The largest absolute Gasteiger partial charge is 0.491 e. The van der Waals surface area contributed by atoms with Crippen molar-refractivity contribution in [1.82, 2.24) is 19.9 Å². The number of halogens is 2. The number of ether oxygens (including phenoxy) is 1. The zero-order chi connectivity index (χ0) is 18.3. The highest BCUT2D eigenvalue weighted by Crippen LogP contribution is 2.37. The summed E-state index contributed by atoms with van der Waals surface area (Å²) in [6.07, 6.45) is -2.75. The van der Waals surface area contributed by atoms with Crippen LogP contribution in [0.3, 0.4) is 0 Å². The molecule has 0 fully saturated rings. The normalized spacial score (nSPS) is 17.1. The molecular formula is C18H16F2N4O2. The van der Waals surface area contributed by atoms with E-state index in [-0.39, 0.29) is 18.7 Å². The molecule has 1 aromatic heterocycles.